The van der Waals surface area contributed by atoms with Crippen molar-refractivity contribution in [1.29, 1.82) is 0 Å². The molecule has 26 heavy (non-hydrogen) atoms. The van der Waals surface area contributed by atoms with Gasteiger partial charge in [0, 0.05) is 24.6 Å². The molecule has 2 N–H and O–H groups in total. The van der Waals surface area contributed by atoms with E-state index >= 15 is 0 Å². The number of nitrogens with one attached hydrogen (secondary N) is 2. The van der Waals surface area contributed by atoms with E-state index in [0.717, 1.165) is 0 Å². The van der Waals surface area contributed by atoms with Crippen LogP contribution in [0.15, 0.2) is 42.5 Å². The number of amides is 2. The van der Waals surface area contributed by atoms with Crippen molar-refractivity contribution in [3.8, 4) is 5.75 Å². The molecular formula is C18H19N3O5. The minimum Gasteiger partial charge on any atom is -0.497 e. The number of ether oxygens (including phenoxy) is 1. The molecule has 0 bridgehead atoms. The molecule has 0 aliphatic rings. The number of nitro benzene ring substituents is 1. The maximum absolute atomic E-state index is 12.1. The zero-order chi connectivity index (χ0) is 19.1. The third-order valence-corrected chi connectivity index (χ3v) is 3.75. The quantitative estimate of drug-likeness (QED) is 0.585. The van der Waals surface area contributed by atoms with E-state index in [1.807, 2.05) is 0 Å². The molecule has 2 aromatic rings. The number of carbonyl (C=O) groups is 2. The summed E-state index contributed by atoms with van der Waals surface area (Å²) >= 11 is 0. The summed E-state index contributed by atoms with van der Waals surface area (Å²) in [5.74, 6) is -0.0979. The lowest BCUT2D eigenvalue weighted by atomic mass is 10.1. The van der Waals surface area contributed by atoms with Crippen molar-refractivity contribution in [1.82, 2.24) is 5.32 Å². The van der Waals surface area contributed by atoms with Crippen LogP contribution in [0.2, 0.25) is 0 Å². The lowest BCUT2D eigenvalue weighted by Crippen LogP contribution is -2.27. The minimum absolute atomic E-state index is 0.0395. The summed E-state index contributed by atoms with van der Waals surface area (Å²) in [5, 5.41) is 16.2. The van der Waals surface area contributed by atoms with Gasteiger partial charge in [0.15, 0.2) is 0 Å². The molecule has 0 saturated heterocycles. The number of benzene rings is 2. The Labute approximate surface area is 150 Å². The highest BCUT2D eigenvalue weighted by molar-refractivity contribution is 5.95. The first kappa shape index (κ1) is 18.9. The van der Waals surface area contributed by atoms with Crippen molar-refractivity contribution in [2.24, 2.45) is 0 Å². The molecule has 0 heterocycles. The van der Waals surface area contributed by atoms with E-state index in [1.54, 1.807) is 37.3 Å². The lowest BCUT2D eigenvalue weighted by molar-refractivity contribution is -0.385. The molecule has 0 unspecified atom stereocenters. The number of rotatable bonds is 7. The average Bonchev–Trinajstić information content (AvgIpc) is 2.63. The van der Waals surface area contributed by atoms with E-state index in [4.69, 9.17) is 4.74 Å². The Balaban J connectivity index is 1.88. The molecule has 0 aliphatic carbocycles. The average molecular weight is 357 g/mol. The summed E-state index contributed by atoms with van der Waals surface area (Å²) in [4.78, 5) is 34.5. The summed E-state index contributed by atoms with van der Waals surface area (Å²) in [6.07, 6.45) is 0.0395. The van der Waals surface area contributed by atoms with Crippen LogP contribution in [0.4, 0.5) is 11.4 Å². The van der Waals surface area contributed by atoms with E-state index in [9.17, 15) is 19.7 Å². The van der Waals surface area contributed by atoms with Gasteiger partial charge in [0.1, 0.15) is 5.75 Å². The van der Waals surface area contributed by atoms with Crippen LogP contribution < -0.4 is 15.4 Å². The van der Waals surface area contributed by atoms with Gasteiger partial charge in [0.25, 0.3) is 11.6 Å². The van der Waals surface area contributed by atoms with Crippen LogP contribution >= 0.6 is 0 Å². The first-order valence-corrected chi connectivity index (χ1v) is 7.88. The van der Waals surface area contributed by atoms with Crippen LogP contribution in [0.25, 0.3) is 0 Å². The smallest absolute Gasteiger partial charge is 0.274 e. The third-order valence-electron chi connectivity index (χ3n) is 3.75. The van der Waals surface area contributed by atoms with Crippen molar-refractivity contribution < 1.29 is 19.2 Å². The second kappa shape index (κ2) is 8.61. The SMILES string of the molecule is COc1cccc(C(=O)NCCC(=O)Nc2cccc([N+](=O)[O-])c2C)c1. The van der Waals surface area contributed by atoms with Gasteiger partial charge in [-0.3, -0.25) is 19.7 Å². The number of nitrogens with zero attached hydrogens (tertiary/aromatic N) is 1. The molecule has 2 aromatic carbocycles. The predicted molar refractivity (Wildman–Crippen MR) is 96.4 cm³/mol. The number of nitro groups is 1. The highest BCUT2D eigenvalue weighted by Crippen LogP contribution is 2.25. The third kappa shape index (κ3) is 4.79. The molecule has 0 atom stereocenters. The van der Waals surface area contributed by atoms with Gasteiger partial charge < -0.3 is 15.4 Å². The molecule has 0 fully saturated rings. The zero-order valence-corrected chi connectivity index (χ0v) is 14.4. The molecule has 0 aliphatic heterocycles. The monoisotopic (exact) mass is 357 g/mol. The number of carbonyl (C=O) groups excluding carboxylic acids is 2. The zero-order valence-electron chi connectivity index (χ0n) is 14.4. The summed E-state index contributed by atoms with van der Waals surface area (Å²) < 4.78 is 5.06. The largest absolute Gasteiger partial charge is 0.497 e. The van der Waals surface area contributed by atoms with Gasteiger partial charge in [0.2, 0.25) is 5.91 Å². The van der Waals surface area contributed by atoms with E-state index in [1.165, 1.54) is 19.2 Å². The van der Waals surface area contributed by atoms with E-state index in [2.05, 4.69) is 10.6 Å². The molecule has 0 radical (unpaired) electrons. The summed E-state index contributed by atoms with van der Waals surface area (Å²) in [6, 6.07) is 11.1. The fraction of sp³-hybridized carbons (Fsp3) is 0.222. The molecule has 8 heteroatoms. The number of hydrogen-bond donors (Lipinski definition) is 2. The predicted octanol–water partition coefficient (Wildman–Crippen LogP) is 2.67. The van der Waals surface area contributed by atoms with Gasteiger partial charge in [-0.1, -0.05) is 12.1 Å². The molecule has 136 valence electrons. The second-order valence-electron chi connectivity index (χ2n) is 5.49. The van der Waals surface area contributed by atoms with Crippen molar-refractivity contribution in [3.05, 3.63) is 63.7 Å². The normalized spacial score (nSPS) is 10.1. The van der Waals surface area contributed by atoms with E-state index in [0.29, 0.717) is 22.6 Å². The number of hydrogen-bond acceptors (Lipinski definition) is 5. The summed E-state index contributed by atoms with van der Waals surface area (Å²) in [7, 11) is 1.51. The fourth-order valence-electron chi connectivity index (χ4n) is 2.33. The van der Waals surface area contributed by atoms with Gasteiger partial charge >= 0.3 is 0 Å². The Hall–Kier alpha value is -3.42. The van der Waals surface area contributed by atoms with Crippen LogP contribution in [-0.4, -0.2) is 30.4 Å². The Morgan fingerprint density at radius 3 is 2.62 bits per heavy atom. The van der Waals surface area contributed by atoms with Crippen molar-refractivity contribution in [3.63, 3.8) is 0 Å². The van der Waals surface area contributed by atoms with E-state index in [-0.39, 0.29) is 30.5 Å². The Bertz CT molecular complexity index is 835. The molecule has 2 rings (SSSR count). The topological polar surface area (TPSA) is 111 Å². The van der Waals surface area contributed by atoms with Crippen molar-refractivity contribution in [2.75, 3.05) is 19.0 Å². The molecule has 0 spiro atoms. The van der Waals surface area contributed by atoms with Crippen LogP contribution in [-0.2, 0) is 4.79 Å². The highest BCUT2D eigenvalue weighted by atomic mass is 16.6. The lowest BCUT2D eigenvalue weighted by Gasteiger charge is -2.09. The van der Waals surface area contributed by atoms with Crippen LogP contribution in [0.1, 0.15) is 22.3 Å². The van der Waals surface area contributed by atoms with Gasteiger partial charge in [-0.25, -0.2) is 0 Å². The Morgan fingerprint density at radius 1 is 1.19 bits per heavy atom. The van der Waals surface area contributed by atoms with Crippen LogP contribution in [0, 0.1) is 17.0 Å². The van der Waals surface area contributed by atoms with E-state index < -0.39 is 4.92 Å². The van der Waals surface area contributed by atoms with Crippen molar-refractivity contribution >= 4 is 23.2 Å². The maximum Gasteiger partial charge on any atom is 0.274 e. The molecule has 8 nitrogen and oxygen atoms in total. The Morgan fingerprint density at radius 2 is 1.92 bits per heavy atom. The fourth-order valence-corrected chi connectivity index (χ4v) is 2.33. The summed E-state index contributed by atoms with van der Waals surface area (Å²) in [6.45, 7) is 1.70. The highest BCUT2D eigenvalue weighted by Gasteiger charge is 2.15. The molecule has 0 saturated carbocycles. The first-order chi connectivity index (χ1) is 12.4. The van der Waals surface area contributed by atoms with Crippen LogP contribution in [0.5, 0.6) is 5.75 Å². The van der Waals surface area contributed by atoms with Gasteiger partial charge in [-0.15, -0.1) is 0 Å². The summed E-state index contributed by atoms with van der Waals surface area (Å²) in [5.41, 5.74) is 1.13. The maximum atomic E-state index is 12.1. The number of anilines is 1. The van der Waals surface area contributed by atoms with Crippen molar-refractivity contribution in [2.45, 2.75) is 13.3 Å². The molecule has 0 aromatic heterocycles. The molecule has 2 amide bonds. The van der Waals surface area contributed by atoms with Gasteiger partial charge in [-0.05, 0) is 31.2 Å². The molecular weight excluding hydrogens is 338 g/mol. The first-order valence-electron chi connectivity index (χ1n) is 7.88. The standard InChI is InChI=1S/C18H19N3O5/c1-12-15(7-4-8-16(12)21(24)25)20-17(22)9-10-19-18(23)13-5-3-6-14(11-13)26-2/h3-8,11H,9-10H2,1-2H3,(H,19,23)(H,20,22). The second-order valence-corrected chi connectivity index (χ2v) is 5.49. The van der Waals surface area contributed by atoms with Crippen LogP contribution in [0.3, 0.4) is 0 Å². The van der Waals surface area contributed by atoms with Gasteiger partial charge in [0.05, 0.1) is 23.3 Å². The van der Waals surface area contributed by atoms with Gasteiger partial charge in [-0.2, -0.15) is 0 Å². The number of methoxy groups -OCH3 is 1. The Kier molecular flexibility index (Phi) is 6.26. The minimum atomic E-state index is -0.501.